The van der Waals surface area contributed by atoms with Gasteiger partial charge < -0.3 is 14.2 Å². The van der Waals surface area contributed by atoms with Crippen molar-refractivity contribution in [3.8, 4) is 5.75 Å². The molecule has 2 aliphatic rings. The Balaban J connectivity index is 1.70. The van der Waals surface area contributed by atoms with Crippen molar-refractivity contribution in [2.75, 3.05) is 25.7 Å². The maximum atomic E-state index is 13.4. The summed E-state index contributed by atoms with van der Waals surface area (Å²) in [6.45, 7) is 1.90. The van der Waals surface area contributed by atoms with E-state index in [1.165, 1.54) is 7.11 Å². The Morgan fingerprint density at radius 2 is 1.75 bits per heavy atom. The number of imide groups is 1. The van der Waals surface area contributed by atoms with Crippen LogP contribution in [0.15, 0.2) is 47.6 Å². The average Bonchev–Trinajstić information content (AvgIpc) is 3.17. The quantitative estimate of drug-likeness (QED) is 0.574. The maximum Gasteiger partial charge on any atom is 0.573 e. The van der Waals surface area contributed by atoms with Crippen LogP contribution in [-0.4, -0.2) is 55.9 Å². The van der Waals surface area contributed by atoms with Gasteiger partial charge >= 0.3 is 24.5 Å². The van der Waals surface area contributed by atoms with Gasteiger partial charge in [-0.3, -0.25) is 4.79 Å². The van der Waals surface area contributed by atoms with Crippen molar-refractivity contribution in [2.24, 2.45) is 10.5 Å². The molecule has 1 heterocycles. The third-order valence-corrected chi connectivity index (χ3v) is 6.11. The van der Waals surface area contributed by atoms with Gasteiger partial charge in [-0.2, -0.15) is 10.0 Å². The molecule has 1 unspecified atom stereocenters. The van der Waals surface area contributed by atoms with Gasteiger partial charge in [0.1, 0.15) is 11.2 Å². The number of halogens is 3. The van der Waals surface area contributed by atoms with Crippen LogP contribution in [0.25, 0.3) is 0 Å². The number of aryl methyl sites for hydroxylation is 1. The highest BCUT2D eigenvalue weighted by Crippen LogP contribution is 2.44. The van der Waals surface area contributed by atoms with Crippen LogP contribution in [0.1, 0.15) is 23.1 Å². The van der Waals surface area contributed by atoms with Crippen molar-refractivity contribution < 1.29 is 41.8 Å². The van der Waals surface area contributed by atoms with E-state index in [-0.39, 0.29) is 18.7 Å². The second-order valence-corrected chi connectivity index (χ2v) is 8.36. The molecule has 3 amide bonds. The molecule has 2 aromatic rings. The van der Waals surface area contributed by atoms with Crippen LogP contribution in [-0.2, 0) is 20.7 Å². The van der Waals surface area contributed by atoms with Crippen LogP contribution in [0, 0.1) is 12.3 Å². The number of amides is 3. The number of nitrogens with zero attached hydrogens (tertiary/aromatic N) is 3. The molecule has 1 atom stereocenters. The summed E-state index contributed by atoms with van der Waals surface area (Å²) in [7, 11) is 2.34. The van der Waals surface area contributed by atoms with Crippen LogP contribution >= 0.6 is 0 Å². The zero-order chi connectivity index (χ0) is 26.3. The number of hydrazone groups is 1. The average molecular weight is 505 g/mol. The number of alkyl halides is 3. The summed E-state index contributed by atoms with van der Waals surface area (Å²) in [4.78, 5) is 39.4. The Kier molecular flexibility index (Phi) is 6.37. The molecular weight excluding hydrogens is 483 g/mol. The highest BCUT2D eigenvalue weighted by molar-refractivity contribution is 6.20. The first-order valence-corrected chi connectivity index (χ1v) is 10.8. The molecule has 1 aliphatic carbocycles. The van der Waals surface area contributed by atoms with Crippen molar-refractivity contribution in [2.45, 2.75) is 26.1 Å². The molecule has 0 N–H and O–H groups in total. The first kappa shape index (κ1) is 25.0. The Morgan fingerprint density at radius 3 is 2.36 bits per heavy atom. The fourth-order valence-corrected chi connectivity index (χ4v) is 4.49. The highest BCUT2D eigenvalue weighted by atomic mass is 19.4. The Morgan fingerprint density at radius 1 is 1.06 bits per heavy atom. The van der Waals surface area contributed by atoms with Crippen molar-refractivity contribution in [1.82, 2.24) is 5.01 Å². The molecule has 0 saturated carbocycles. The number of rotatable bonds is 3. The number of ether oxygens (including phenoxy) is 3. The third kappa shape index (κ3) is 4.45. The third-order valence-electron chi connectivity index (χ3n) is 6.11. The number of esters is 1. The SMILES string of the molecule is COC(=O)N(C(=O)N1CCC2(C(=O)OC)Cc3cc(C)ccc3C2=N1)c1ccc(OC(F)(F)F)cc1. The summed E-state index contributed by atoms with van der Waals surface area (Å²) in [5, 5.41) is 5.49. The largest absolute Gasteiger partial charge is 0.573 e. The van der Waals surface area contributed by atoms with Gasteiger partial charge in [0.15, 0.2) is 0 Å². The van der Waals surface area contributed by atoms with E-state index in [1.54, 1.807) is 0 Å². The molecule has 2 aromatic carbocycles. The van der Waals surface area contributed by atoms with Crippen molar-refractivity contribution in [1.29, 1.82) is 0 Å². The van der Waals surface area contributed by atoms with Gasteiger partial charge in [-0.25, -0.2) is 14.6 Å². The summed E-state index contributed by atoms with van der Waals surface area (Å²) in [5.74, 6) is -1.00. The smallest absolute Gasteiger partial charge is 0.468 e. The number of hydrogen-bond acceptors (Lipinski definition) is 7. The topological polar surface area (TPSA) is 97.7 Å². The van der Waals surface area contributed by atoms with Crippen LogP contribution in [0.5, 0.6) is 5.75 Å². The molecule has 0 radical (unpaired) electrons. The number of carbonyl (C=O) groups excluding carboxylic acids is 3. The number of benzene rings is 2. The molecule has 0 saturated heterocycles. The maximum absolute atomic E-state index is 13.4. The van der Waals surface area contributed by atoms with Crippen LogP contribution in [0.4, 0.5) is 28.4 Å². The lowest BCUT2D eigenvalue weighted by atomic mass is 9.79. The second-order valence-electron chi connectivity index (χ2n) is 8.36. The van der Waals surface area contributed by atoms with E-state index in [1.807, 2.05) is 25.1 Å². The molecule has 1 aliphatic heterocycles. The van der Waals surface area contributed by atoms with Gasteiger partial charge in [0.2, 0.25) is 0 Å². The van der Waals surface area contributed by atoms with Gasteiger partial charge in [0.25, 0.3) is 0 Å². The lowest BCUT2D eigenvalue weighted by Gasteiger charge is -2.35. The minimum Gasteiger partial charge on any atom is -0.468 e. The summed E-state index contributed by atoms with van der Waals surface area (Å²) in [6, 6.07) is 8.87. The van der Waals surface area contributed by atoms with E-state index in [9.17, 15) is 27.6 Å². The standard InChI is InChI=1S/C24H22F3N3O6/c1-14-4-9-18-15(12-14)13-23(20(31)34-2)10-11-29(28-19(18)23)21(32)30(22(33)35-3)16-5-7-17(8-6-16)36-24(25,26)27/h4-9,12H,10-11,13H2,1-3H3. The molecule has 0 fully saturated rings. The molecule has 0 aromatic heterocycles. The van der Waals surface area contributed by atoms with E-state index in [4.69, 9.17) is 9.47 Å². The number of anilines is 1. The first-order valence-electron chi connectivity index (χ1n) is 10.8. The minimum absolute atomic E-state index is 0.0207. The monoisotopic (exact) mass is 505 g/mol. The summed E-state index contributed by atoms with van der Waals surface area (Å²) in [5.41, 5.74) is 1.79. The van der Waals surface area contributed by atoms with Gasteiger partial charge in [0.05, 0.1) is 25.6 Å². The van der Waals surface area contributed by atoms with Gasteiger partial charge in [-0.05, 0) is 49.6 Å². The van der Waals surface area contributed by atoms with Crippen LogP contribution < -0.4 is 9.64 Å². The molecular formula is C24H22F3N3O6. The van der Waals surface area contributed by atoms with E-state index in [2.05, 4.69) is 9.84 Å². The minimum atomic E-state index is -4.90. The first-order chi connectivity index (χ1) is 17.0. The molecule has 4 rings (SSSR count). The Bertz CT molecular complexity index is 1240. The summed E-state index contributed by atoms with van der Waals surface area (Å²) < 4.78 is 51.1. The second kappa shape index (κ2) is 9.17. The lowest BCUT2D eigenvalue weighted by Crippen LogP contribution is -2.51. The van der Waals surface area contributed by atoms with Crippen LogP contribution in [0.2, 0.25) is 0 Å². The zero-order valence-electron chi connectivity index (χ0n) is 19.6. The fraction of sp³-hybridized carbons (Fsp3) is 0.333. The van der Waals surface area contributed by atoms with E-state index in [0.29, 0.717) is 22.6 Å². The zero-order valence-corrected chi connectivity index (χ0v) is 19.6. The molecule has 9 nitrogen and oxygen atoms in total. The highest BCUT2D eigenvalue weighted by Gasteiger charge is 2.53. The molecule has 0 spiro atoms. The number of fused-ring (bicyclic) bond motifs is 3. The molecule has 36 heavy (non-hydrogen) atoms. The van der Waals surface area contributed by atoms with E-state index >= 15 is 0 Å². The van der Waals surface area contributed by atoms with Gasteiger partial charge in [0, 0.05) is 12.1 Å². The number of urea groups is 1. The van der Waals surface area contributed by atoms with Crippen molar-refractivity contribution >= 4 is 29.5 Å². The Labute approximate surface area is 204 Å². The predicted octanol–water partition coefficient (Wildman–Crippen LogP) is 4.41. The van der Waals surface area contributed by atoms with E-state index in [0.717, 1.165) is 47.5 Å². The van der Waals surface area contributed by atoms with E-state index < -0.39 is 35.6 Å². The number of carbonyl (C=O) groups is 3. The molecule has 190 valence electrons. The molecule has 0 bridgehead atoms. The van der Waals surface area contributed by atoms with Gasteiger partial charge in [-0.1, -0.05) is 23.8 Å². The fourth-order valence-electron chi connectivity index (χ4n) is 4.49. The lowest BCUT2D eigenvalue weighted by molar-refractivity contribution is -0.274. The summed E-state index contributed by atoms with van der Waals surface area (Å²) in [6.07, 6.45) is -5.42. The number of methoxy groups -OCH3 is 2. The van der Waals surface area contributed by atoms with Gasteiger partial charge in [-0.15, -0.1) is 13.2 Å². The number of hydrogen-bond donors (Lipinski definition) is 0. The summed E-state index contributed by atoms with van der Waals surface area (Å²) >= 11 is 0. The van der Waals surface area contributed by atoms with Crippen molar-refractivity contribution in [3.63, 3.8) is 0 Å². The molecule has 12 heteroatoms. The van der Waals surface area contributed by atoms with Crippen molar-refractivity contribution in [3.05, 3.63) is 59.2 Å². The van der Waals surface area contributed by atoms with Crippen LogP contribution in [0.3, 0.4) is 0 Å². The normalized spacial score (nSPS) is 18.5. The predicted molar refractivity (Wildman–Crippen MR) is 121 cm³/mol. The Hall–Kier alpha value is -4.09.